The van der Waals surface area contributed by atoms with Gasteiger partial charge < -0.3 is 10.1 Å². The Morgan fingerprint density at radius 2 is 2.00 bits per heavy atom. The zero-order chi connectivity index (χ0) is 15.9. The number of ether oxygens (including phenoxy) is 1. The fraction of sp³-hybridized carbons (Fsp3) is 0.235. The minimum atomic E-state index is -0.259. The van der Waals surface area contributed by atoms with E-state index in [1.165, 1.54) is 0 Å². The summed E-state index contributed by atoms with van der Waals surface area (Å²) in [6.45, 7) is 2.74. The number of nitrogens with one attached hydrogen (secondary N) is 1. The van der Waals surface area contributed by atoms with Gasteiger partial charge in [0.05, 0.1) is 17.3 Å². The Kier molecular flexibility index (Phi) is 6.10. The molecule has 0 aromatic heterocycles. The molecule has 0 aliphatic rings. The summed E-state index contributed by atoms with van der Waals surface area (Å²) in [5.41, 5.74) is 0.988. The van der Waals surface area contributed by atoms with E-state index in [0.717, 1.165) is 12.8 Å². The zero-order valence-corrected chi connectivity index (χ0v) is 13.7. The van der Waals surface area contributed by atoms with Crippen LogP contribution in [0.3, 0.4) is 0 Å². The molecule has 116 valence electrons. The number of anilines is 1. The number of benzene rings is 2. The van der Waals surface area contributed by atoms with Crippen molar-refractivity contribution in [2.75, 3.05) is 11.9 Å². The molecular formula is C17H17Cl2NO2. The predicted molar refractivity (Wildman–Crippen MR) is 91.3 cm³/mol. The normalized spacial score (nSPS) is 10.3. The molecule has 5 heteroatoms. The summed E-state index contributed by atoms with van der Waals surface area (Å²) in [6.07, 6.45) is 2.04. The molecule has 1 N–H and O–H groups in total. The molecule has 0 unspecified atom stereocenters. The Labute approximate surface area is 140 Å². The standard InChI is InChI=1S/C17H17Cl2NO2/c1-2-3-9-22-14-6-4-5-12(10-14)17(21)20-16-11-13(18)7-8-15(16)19/h4-8,10-11H,2-3,9H2,1H3,(H,20,21). The van der Waals surface area contributed by atoms with Gasteiger partial charge in [-0.05, 0) is 42.8 Å². The predicted octanol–water partition coefficient (Wildman–Crippen LogP) is 5.42. The van der Waals surface area contributed by atoms with E-state index in [2.05, 4.69) is 12.2 Å². The van der Waals surface area contributed by atoms with Gasteiger partial charge in [0.25, 0.3) is 5.91 Å². The van der Waals surface area contributed by atoms with Crippen molar-refractivity contribution in [1.82, 2.24) is 0 Å². The number of unbranched alkanes of at least 4 members (excludes halogenated alkanes) is 1. The van der Waals surface area contributed by atoms with Crippen molar-refractivity contribution in [3.8, 4) is 5.75 Å². The highest BCUT2D eigenvalue weighted by Crippen LogP contribution is 2.26. The molecule has 0 spiro atoms. The second kappa shape index (κ2) is 8.06. The molecule has 0 heterocycles. The number of hydrogen-bond acceptors (Lipinski definition) is 2. The second-order valence-electron chi connectivity index (χ2n) is 4.81. The van der Waals surface area contributed by atoms with Crippen LogP contribution in [0.4, 0.5) is 5.69 Å². The highest BCUT2D eigenvalue weighted by atomic mass is 35.5. The fourth-order valence-corrected chi connectivity index (χ4v) is 2.19. The average Bonchev–Trinajstić information content (AvgIpc) is 2.51. The molecule has 0 aliphatic heterocycles. The van der Waals surface area contributed by atoms with Crippen LogP contribution in [-0.4, -0.2) is 12.5 Å². The van der Waals surface area contributed by atoms with E-state index in [1.54, 1.807) is 36.4 Å². The highest BCUT2D eigenvalue weighted by Gasteiger charge is 2.10. The molecule has 2 rings (SSSR count). The van der Waals surface area contributed by atoms with Gasteiger partial charge in [-0.2, -0.15) is 0 Å². The molecule has 0 aliphatic carbocycles. The summed E-state index contributed by atoms with van der Waals surface area (Å²) in [6, 6.07) is 12.0. The topological polar surface area (TPSA) is 38.3 Å². The SMILES string of the molecule is CCCCOc1cccc(C(=O)Nc2cc(Cl)ccc2Cl)c1. The Bertz CT molecular complexity index is 659. The molecule has 1 amide bonds. The lowest BCUT2D eigenvalue weighted by molar-refractivity contribution is 0.102. The quantitative estimate of drug-likeness (QED) is 0.714. The first-order valence-electron chi connectivity index (χ1n) is 7.09. The lowest BCUT2D eigenvalue weighted by Gasteiger charge is -2.09. The minimum Gasteiger partial charge on any atom is -0.494 e. The van der Waals surface area contributed by atoms with Crippen molar-refractivity contribution in [3.05, 3.63) is 58.1 Å². The summed E-state index contributed by atoms with van der Waals surface area (Å²) in [4.78, 5) is 12.3. The molecule has 2 aromatic rings. The number of rotatable bonds is 6. The molecule has 0 atom stereocenters. The largest absolute Gasteiger partial charge is 0.494 e. The van der Waals surface area contributed by atoms with E-state index in [1.807, 2.05) is 6.07 Å². The van der Waals surface area contributed by atoms with Gasteiger partial charge >= 0.3 is 0 Å². The Hall–Kier alpha value is -1.71. The smallest absolute Gasteiger partial charge is 0.255 e. The summed E-state index contributed by atoms with van der Waals surface area (Å²) >= 11 is 12.0. The van der Waals surface area contributed by atoms with Crippen molar-refractivity contribution in [2.24, 2.45) is 0 Å². The van der Waals surface area contributed by atoms with Gasteiger partial charge in [0, 0.05) is 10.6 Å². The molecule has 0 bridgehead atoms. The van der Waals surface area contributed by atoms with E-state index in [4.69, 9.17) is 27.9 Å². The average molecular weight is 338 g/mol. The van der Waals surface area contributed by atoms with E-state index >= 15 is 0 Å². The third-order valence-corrected chi connectivity index (χ3v) is 3.60. The van der Waals surface area contributed by atoms with Crippen LogP contribution in [0, 0.1) is 0 Å². The van der Waals surface area contributed by atoms with Gasteiger partial charge in [-0.3, -0.25) is 4.79 Å². The summed E-state index contributed by atoms with van der Waals surface area (Å²) in [5, 5.41) is 3.70. The maximum Gasteiger partial charge on any atom is 0.255 e. The zero-order valence-electron chi connectivity index (χ0n) is 12.2. The van der Waals surface area contributed by atoms with E-state index in [-0.39, 0.29) is 5.91 Å². The van der Waals surface area contributed by atoms with Crippen LogP contribution in [0.25, 0.3) is 0 Å². The Morgan fingerprint density at radius 3 is 2.77 bits per heavy atom. The third kappa shape index (κ3) is 4.65. The van der Waals surface area contributed by atoms with Crippen molar-refractivity contribution in [2.45, 2.75) is 19.8 Å². The van der Waals surface area contributed by atoms with Crippen molar-refractivity contribution in [3.63, 3.8) is 0 Å². The van der Waals surface area contributed by atoms with Gasteiger partial charge in [0.15, 0.2) is 0 Å². The van der Waals surface area contributed by atoms with Crippen LogP contribution >= 0.6 is 23.2 Å². The summed E-state index contributed by atoms with van der Waals surface area (Å²) in [5.74, 6) is 0.420. The second-order valence-corrected chi connectivity index (χ2v) is 5.65. The van der Waals surface area contributed by atoms with Gasteiger partial charge in [0.2, 0.25) is 0 Å². The first-order chi connectivity index (χ1) is 10.6. The first kappa shape index (κ1) is 16.7. The molecule has 2 aromatic carbocycles. The van der Waals surface area contributed by atoms with Crippen LogP contribution in [0.15, 0.2) is 42.5 Å². The Morgan fingerprint density at radius 1 is 1.18 bits per heavy atom. The molecule has 0 saturated carbocycles. The van der Waals surface area contributed by atoms with Crippen molar-refractivity contribution < 1.29 is 9.53 Å². The van der Waals surface area contributed by atoms with E-state index in [0.29, 0.717) is 33.7 Å². The molecule has 0 radical (unpaired) electrons. The number of amides is 1. The Balaban J connectivity index is 2.09. The van der Waals surface area contributed by atoms with E-state index in [9.17, 15) is 4.79 Å². The maximum absolute atomic E-state index is 12.3. The minimum absolute atomic E-state index is 0.259. The van der Waals surface area contributed by atoms with Crippen LogP contribution in [0.1, 0.15) is 30.1 Å². The van der Waals surface area contributed by atoms with Crippen molar-refractivity contribution >= 4 is 34.8 Å². The third-order valence-electron chi connectivity index (χ3n) is 3.04. The lowest BCUT2D eigenvalue weighted by Crippen LogP contribution is -2.12. The van der Waals surface area contributed by atoms with Crippen LogP contribution in [0.5, 0.6) is 5.75 Å². The number of hydrogen-bond donors (Lipinski definition) is 1. The molecule has 0 saturated heterocycles. The van der Waals surface area contributed by atoms with Gasteiger partial charge in [-0.1, -0.05) is 42.6 Å². The fourth-order valence-electron chi connectivity index (χ4n) is 1.85. The number of carbonyl (C=O) groups excluding carboxylic acids is 1. The highest BCUT2D eigenvalue weighted by molar-refractivity contribution is 6.35. The molecule has 3 nitrogen and oxygen atoms in total. The van der Waals surface area contributed by atoms with Gasteiger partial charge in [0.1, 0.15) is 5.75 Å². The molecular weight excluding hydrogens is 321 g/mol. The van der Waals surface area contributed by atoms with Gasteiger partial charge in [-0.25, -0.2) is 0 Å². The monoisotopic (exact) mass is 337 g/mol. The summed E-state index contributed by atoms with van der Waals surface area (Å²) < 4.78 is 5.60. The van der Waals surface area contributed by atoms with Crippen LogP contribution in [0.2, 0.25) is 10.0 Å². The van der Waals surface area contributed by atoms with Gasteiger partial charge in [-0.15, -0.1) is 0 Å². The summed E-state index contributed by atoms with van der Waals surface area (Å²) in [7, 11) is 0. The number of carbonyl (C=O) groups is 1. The first-order valence-corrected chi connectivity index (χ1v) is 7.85. The molecule has 22 heavy (non-hydrogen) atoms. The lowest BCUT2D eigenvalue weighted by atomic mass is 10.2. The van der Waals surface area contributed by atoms with Crippen molar-refractivity contribution in [1.29, 1.82) is 0 Å². The molecule has 0 fully saturated rings. The van der Waals surface area contributed by atoms with Crippen LogP contribution < -0.4 is 10.1 Å². The number of halogens is 2. The maximum atomic E-state index is 12.3. The van der Waals surface area contributed by atoms with E-state index < -0.39 is 0 Å². The van der Waals surface area contributed by atoms with Crippen LogP contribution in [-0.2, 0) is 0 Å².